The van der Waals surface area contributed by atoms with Crippen LogP contribution in [0, 0.1) is 6.92 Å². The Morgan fingerprint density at radius 3 is 2.71 bits per heavy atom. The van der Waals surface area contributed by atoms with E-state index in [1.54, 1.807) is 11.3 Å². The van der Waals surface area contributed by atoms with Crippen molar-refractivity contribution in [2.24, 2.45) is 0 Å². The fraction of sp³-hybridized carbons (Fsp3) is 0.467. The minimum atomic E-state index is 0.238. The number of aromatic nitrogens is 1. The number of halogens is 1. The van der Waals surface area contributed by atoms with Crippen molar-refractivity contribution in [3.05, 3.63) is 22.7 Å². The first-order valence-corrected chi connectivity index (χ1v) is 8.38. The number of carbonyl (C=O) groups is 1. The minimum Gasteiger partial charge on any atom is -0.345 e. The molecule has 0 spiro atoms. The number of anilines is 1. The largest absolute Gasteiger partial charge is 0.345 e. The average Bonchev–Trinajstić information content (AvgIpc) is 2.95. The van der Waals surface area contributed by atoms with Crippen LogP contribution < -0.4 is 4.90 Å². The van der Waals surface area contributed by atoms with Crippen LogP contribution in [0.25, 0.3) is 10.2 Å². The molecule has 1 fully saturated rings. The lowest BCUT2D eigenvalue weighted by Gasteiger charge is -2.34. The van der Waals surface area contributed by atoms with Gasteiger partial charge in [-0.3, -0.25) is 4.79 Å². The minimum absolute atomic E-state index is 0.238. The van der Waals surface area contributed by atoms with E-state index in [9.17, 15) is 4.79 Å². The number of carbonyl (C=O) groups excluding carboxylic acids is 1. The summed E-state index contributed by atoms with van der Waals surface area (Å²) < 4.78 is 1.17. The molecule has 1 aliphatic rings. The number of piperazine rings is 1. The van der Waals surface area contributed by atoms with Gasteiger partial charge in [-0.2, -0.15) is 0 Å². The zero-order valence-corrected chi connectivity index (χ0v) is 13.8. The van der Waals surface area contributed by atoms with Crippen LogP contribution in [-0.4, -0.2) is 42.0 Å². The summed E-state index contributed by atoms with van der Waals surface area (Å²) in [6.07, 6.45) is 0.582. The van der Waals surface area contributed by atoms with Gasteiger partial charge in [-0.05, 0) is 24.6 Å². The zero-order valence-electron chi connectivity index (χ0n) is 12.2. The first-order chi connectivity index (χ1) is 10.1. The highest BCUT2D eigenvalue weighted by Gasteiger charge is 2.22. The molecule has 0 bridgehead atoms. The molecule has 4 nitrogen and oxygen atoms in total. The van der Waals surface area contributed by atoms with Crippen LogP contribution in [0.1, 0.15) is 18.9 Å². The quantitative estimate of drug-likeness (QED) is 0.850. The van der Waals surface area contributed by atoms with Gasteiger partial charge in [0.15, 0.2) is 5.13 Å². The van der Waals surface area contributed by atoms with Crippen molar-refractivity contribution in [1.82, 2.24) is 9.88 Å². The summed E-state index contributed by atoms with van der Waals surface area (Å²) in [4.78, 5) is 20.7. The molecule has 0 unspecified atom stereocenters. The Bertz CT molecular complexity index is 677. The Hall–Kier alpha value is -1.33. The Morgan fingerprint density at radius 1 is 1.33 bits per heavy atom. The third-order valence-electron chi connectivity index (χ3n) is 3.94. The van der Waals surface area contributed by atoms with Crippen molar-refractivity contribution in [3.63, 3.8) is 0 Å². The Morgan fingerprint density at radius 2 is 2.05 bits per heavy atom. The van der Waals surface area contributed by atoms with Crippen molar-refractivity contribution in [2.45, 2.75) is 20.3 Å². The fourth-order valence-electron chi connectivity index (χ4n) is 2.59. The number of hydrogen-bond acceptors (Lipinski definition) is 4. The first kappa shape index (κ1) is 14.6. The highest BCUT2D eigenvalue weighted by atomic mass is 35.5. The Labute approximate surface area is 133 Å². The van der Waals surface area contributed by atoms with Gasteiger partial charge in [0.2, 0.25) is 5.91 Å². The van der Waals surface area contributed by atoms with Crippen LogP contribution in [0.3, 0.4) is 0 Å². The molecule has 1 amide bonds. The normalized spacial score (nSPS) is 15.8. The maximum absolute atomic E-state index is 11.7. The number of nitrogens with zero attached hydrogens (tertiary/aromatic N) is 3. The lowest BCUT2D eigenvalue weighted by molar-refractivity contribution is -0.131. The van der Waals surface area contributed by atoms with Crippen LogP contribution in [0.2, 0.25) is 5.02 Å². The number of thiazole rings is 1. The standard InChI is InChI=1S/C15H18ClN3OS/c1-3-13(20)18-6-8-19(9-7-18)15-17-14-10(2)11(16)4-5-12(14)21-15/h4-5H,3,6-9H2,1-2H3. The predicted molar refractivity (Wildman–Crippen MR) is 88.5 cm³/mol. The van der Waals surface area contributed by atoms with E-state index < -0.39 is 0 Å². The number of benzene rings is 1. The van der Waals surface area contributed by atoms with E-state index in [1.165, 1.54) is 4.70 Å². The highest BCUT2D eigenvalue weighted by molar-refractivity contribution is 7.22. The number of aryl methyl sites for hydroxylation is 1. The smallest absolute Gasteiger partial charge is 0.222 e. The molecule has 2 heterocycles. The van der Waals surface area contributed by atoms with Crippen molar-refractivity contribution < 1.29 is 4.79 Å². The second kappa shape index (κ2) is 5.81. The van der Waals surface area contributed by atoms with Crippen molar-refractivity contribution >= 4 is 44.2 Å². The predicted octanol–water partition coefficient (Wildman–Crippen LogP) is 3.32. The summed E-state index contributed by atoms with van der Waals surface area (Å²) in [5.74, 6) is 0.238. The molecule has 1 aromatic carbocycles. The van der Waals surface area contributed by atoms with E-state index in [-0.39, 0.29) is 5.91 Å². The maximum atomic E-state index is 11.7. The molecule has 2 aromatic rings. The monoisotopic (exact) mass is 323 g/mol. The third-order valence-corrected chi connectivity index (χ3v) is 5.43. The van der Waals surface area contributed by atoms with Crippen LogP contribution >= 0.6 is 22.9 Å². The summed E-state index contributed by atoms with van der Waals surface area (Å²) in [5, 5.41) is 1.79. The highest BCUT2D eigenvalue weighted by Crippen LogP contribution is 2.33. The SMILES string of the molecule is CCC(=O)N1CCN(c2nc3c(C)c(Cl)ccc3s2)CC1. The molecule has 21 heavy (non-hydrogen) atoms. The second-order valence-corrected chi connectivity index (χ2v) is 6.65. The van der Waals surface area contributed by atoms with Crippen molar-refractivity contribution in [3.8, 4) is 0 Å². The summed E-state index contributed by atoms with van der Waals surface area (Å²) in [7, 11) is 0. The van der Waals surface area contributed by atoms with Crippen LogP contribution in [0.4, 0.5) is 5.13 Å². The van der Waals surface area contributed by atoms with Crippen molar-refractivity contribution in [1.29, 1.82) is 0 Å². The van der Waals surface area contributed by atoms with E-state index in [4.69, 9.17) is 16.6 Å². The lowest BCUT2D eigenvalue weighted by atomic mass is 10.2. The number of hydrogen-bond donors (Lipinski definition) is 0. The molecule has 1 aliphatic heterocycles. The molecule has 1 saturated heterocycles. The maximum Gasteiger partial charge on any atom is 0.222 e. The van der Waals surface area contributed by atoms with E-state index in [1.807, 2.05) is 30.9 Å². The van der Waals surface area contributed by atoms with Gasteiger partial charge >= 0.3 is 0 Å². The molecule has 0 saturated carbocycles. The molecule has 3 rings (SSSR count). The summed E-state index contributed by atoms with van der Waals surface area (Å²) in [6, 6.07) is 3.96. The van der Waals surface area contributed by atoms with Crippen LogP contribution in [0.15, 0.2) is 12.1 Å². The molecular formula is C15H18ClN3OS. The molecule has 0 N–H and O–H groups in total. The number of rotatable bonds is 2. The molecular weight excluding hydrogens is 306 g/mol. The molecule has 1 aromatic heterocycles. The van der Waals surface area contributed by atoms with E-state index in [2.05, 4.69) is 4.90 Å². The summed E-state index contributed by atoms with van der Waals surface area (Å²) in [5.41, 5.74) is 2.03. The Kier molecular flexibility index (Phi) is 4.04. The van der Waals surface area contributed by atoms with E-state index in [0.29, 0.717) is 6.42 Å². The summed E-state index contributed by atoms with van der Waals surface area (Å²) in [6.45, 7) is 7.17. The second-order valence-electron chi connectivity index (χ2n) is 5.24. The third kappa shape index (κ3) is 2.72. The van der Waals surface area contributed by atoms with Gasteiger partial charge in [-0.25, -0.2) is 4.98 Å². The van der Waals surface area contributed by atoms with Gasteiger partial charge in [-0.15, -0.1) is 0 Å². The molecule has 0 aliphatic carbocycles. The van der Waals surface area contributed by atoms with Gasteiger partial charge in [0, 0.05) is 37.6 Å². The van der Waals surface area contributed by atoms with Crippen molar-refractivity contribution in [2.75, 3.05) is 31.1 Å². The van der Waals surface area contributed by atoms with E-state index in [0.717, 1.165) is 47.4 Å². The van der Waals surface area contributed by atoms with E-state index >= 15 is 0 Å². The van der Waals surface area contributed by atoms with Gasteiger partial charge in [0.05, 0.1) is 10.2 Å². The Balaban J connectivity index is 1.80. The lowest BCUT2D eigenvalue weighted by Crippen LogP contribution is -2.48. The average molecular weight is 324 g/mol. The van der Waals surface area contributed by atoms with Crippen LogP contribution in [-0.2, 0) is 4.79 Å². The molecule has 6 heteroatoms. The molecule has 112 valence electrons. The zero-order chi connectivity index (χ0) is 15.0. The van der Waals surface area contributed by atoms with Gasteiger partial charge < -0.3 is 9.80 Å². The molecule has 0 radical (unpaired) electrons. The first-order valence-electron chi connectivity index (χ1n) is 7.18. The number of fused-ring (bicyclic) bond motifs is 1. The van der Waals surface area contributed by atoms with Crippen LogP contribution in [0.5, 0.6) is 0 Å². The fourth-order valence-corrected chi connectivity index (χ4v) is 3.82. The van der Waals surface area contributed by atoms with Gasteiger partial charge in [-0.1, -0.05) is 29.9 Å². The molecule has 0 atom stereocenters. The van der Waals surface area contributed by atoms with Gasteiger partial charge in [0.1, 0.15) is 0 Å². The summed E-state index contributed by atoms with van der Waals surface area (Å²) >= 11 is 7.85. The number of amides is 1. The van der Waals surface area contributed by atoms with Gasteiger partial charge in [0.25, 0.3) is 0 Å². The topological polar surface area (TPSA) is 36.4 Å².